The fourth-order valence-corrected chi connectivity index (χ4v) is 3.85. The molecule has 0 bridgehead atoms. The van der Waals surface area contributed by atoms with Crippen LogP contribution in [0.25, 0.3) is 10.8 Å². The van der Waals surface area contributed by atoms with Crippen LogP contribution in [0, 0.1) is 5.92 Å². The Bertz CT molecular complexity index is 606. The molecule has 0 radical (unpaired) electrons. The minimum absolute atomic E-state index is 0.392. The van der Waals surface area contributed by atoms with Crippen LogP contribution < -0.4 is 5.73 Å². The van der Waals surface area contributed by atoms with Crippen LogP contribution in [-0.4, -0.2) is 16.7 Å². The highest BCUT2D eigenvalue weighted by Gasteiger charge is 2.41. The summed E-state index contributed by atoms with van der Waals surface area (Å²) in [5.74, 6) is 1.83. The third-order valence-corrected chi connectivity index (χ3v) is 4.95. The Hall–Kier alpha value is -1.40. The molecule has 21 heavy (non-hydrogen) atoms. The fraction of sp³-hybridized carbons (Fsp3) is 0.600. The first-order valence-corrected chi connectivity index (χ1v) is 8.28. The van der Waals surface area contributed by atoms with Crippen molar-refractivity contribution in [3.05, 3.63) is 18.0 Å². The second-order valence-corrected chi connectivity index (χ2v) is 6.87. The summed E-state index contributed by atoms with van der Waals surface area (Å²) < 4.78 is 11.5. The van der Waals surface area contributed by atoms with E-state index in [2.05, 4.69) is 17.1 Å². The molecular weight excluding hydrogens is 286 g/mol. The molecule has 0 aromatic carbocycles. The van der Waals surface area contributed by atoms with Gasteiger partial charge in [0.25, 0.3) is 5.89 Å². The van der Waals surface area contributed by atoms with Gasteiger partial charge in [-0.2, -0.15) is 4.98 Å². The Labute approximate surface area is 128 Å². The van der Waals surface area contributed by atoms with Crippen LogP contribution in [0.15, 0.2) is 16.7 Å². The van der Waals surface area contributed by atoms with Gasteiger partial charge in [-0.15, -0.1) is 11.3 Å². The number of nitrogens with zero attached hydrogens (tertiary/aromatic N) is 2. The van der Waals surface area contributed by atoms with Crippen molar-refractivity contribution < 1.29 is 9.26 Å². The average Bonchev–Trinajstić information content (AvgIpc) is 3.07. The van der Waals surface area contributed by atoms with Gasteiger partial charge in [-0.05, 0) is 44.2 Å². The summed E-state index contributed by atoms with van der Waals surface area (Å²) in [6, 6.07) is 3.76. The van der Waals surface area contributed by atoms with E-state index >= 15 is 0 Å². The highest BCUT2D eigenvalue weighted by atomic mass is 32.1. The van der Waals surface area contributed by atoms with Gasteiger partial charge in [0.1, 0.15) is 5.60 Å². The Kier molecular flexibility index (Phi) is 3.99. The summed E-state index contributed by atoms with van der Waals surface area (Å²) in [6.45, 7) is 4.93. The van der Waals surface area contributed by atoms with E-state index in [1.165, 1.54) is 17.8 Å². The third-order valence-electron chi connectivity index (χ3n) is 4.05. The number of nitrogens with two attached hydrogens (primary N) is 1. The highest BCUT2D eigenvalue weighted by Crippen LogP contribution is 2.42. The predicted octanol–water partition coefficient (Wildman–Crippen LogP) is 3.82. The molecule has 0 amide bonds. The van der Waals surface area contributed by atoms with Gasteiger partial charge in [0.15, 0.2) is 0 Å². The fourth-order valence-electron chi connectivity index (χ4n) is 3.15. The average molecular weight is 307 g/mol. The number of thiophene rings is 1. The maximum absolute atomic E-state index is 6.08. The number of rotatable bonds is 4. The van der Waals surface area contributed by atoms with Crippen LogP contribution in [0.2, 0.25) is 0 Å². The lowest BCUT2D eigenvalue weighted by atomic mass is 9.78. The molecule has 3 rings (SSSR count). The van der Waals surface area contributed by atoms with Crippen LogP contribution in [0.4, 0.5) is 5.00 Å². The van der Waals surface area contributed by atoms with Gasteiger partial charge >= 0.3 is 0 Å². The Morgan fingerprint density at radius 1 is 1.52 bits per heavy atom. The first kappa shape index (κ1) is 14.5. The molecule has 2 aromatic heterocycles. The molecule has 1 fully saturated rings. The minimum Gasteiger partial charge on any atom is -0.391 e. The van der Waals surface area contributed by atoms with E-state index in [0.717, 1.165) is 29.1 Å². The van der Waals surface area contributed by atoms with Crippen molar-refractivity contribution in [2.45, 2.75) is 45.1 Å². The van der Waals surface area contributed by atoms with E-state index in [1.807, 2.05) is 19.1 Å². The zero-order chi connectivity index (χ0) is 14.9. The van der Waals surface area contributed by atoms with Crippen molar-refractivity contribution in [2.24, 2.45) is 5.92 Å². The van der Waals surface area contributed by atoms with E-state index in [1.54, 1.807) is 0 Å². The Morgan fingerprint density at radius 2 is 2.38 bits per heavy atom. The molecule has 1 saturated carbocycles. The number of nitrogen functional groups attached to an aromatic ring is 1. The summed E-state index contributed by atoms with van der Waals surface area (Å²) in [5, 5.41) is 4.95. The molecule has 2 aromatic rings. The largest absolute Gasteiger partial charge is 0.391 e. The summed E-state index contributed by atoms with van der Waals surface area (Å²) in [4.78, 5) is 5.50. The van der Waals surface area contributed by atoms with Crippen molar-refractivity contribution in [3.63, 3.8) is 0 Å². The zero-order valence-corrected chi connectivity index (χ0v) is 13.3. The van der Waals surface area contributed by atoms with Crippen LogP contribution >= 0.6 is 11.3 Å². The SMILES string of the molecule is CCOC1(c2noc(-c3ccc(N)s3)n2)CCCC(C)C1. The van der Waals surface area contributed by atoms with Crippen LogP contribution in [0.5, 0.6) is 0 Å². The van der Waals surface area contributed by atoms with Gasteiger partial charge < -0.3 is 15.0 Å². The lowest BCUT2D eigenvalue weighted by molar-refractivity contribution is -0.0891. The van der Waals surface area contributed by atoms with Gasteiger partial charge in [0.05, 0.1) is 9.88 Å². The zero-order valence-electron chi connectivity index (χ0n) is 12.5. The lowest BCUT2D eigenvalue weighted by Gasteiger charge is -2.37. The van der Waals surface area contributed by atoms with Gasteiger partial charge in [-0.3, -0.25) is 0 Å². The van der Waals surface area contributed by atoms with Crippen molar-refractivity contribution in [3.8, 4) is 10.8 Å². The molecule has 0 aliphatic heterocycles. The van der Waals surface area contributed by atoms with E-state index in [4.69, 9.17) is 15.0 Å². The number of aromatic nitrogens is 2. The molecule has 1 aliphatic carbocycles. The second kappa shape index (κ2) is 5.77. The molecule has 0 spiro atoms. The number of hydrogen-bond donors (Lipinski definition) is 1. The lowest BCUT2D eigenvalue weighted by Crippen LogP contribution is -2.36. The Balaban J connectivity index is 1.91. The van der Waals surface area contributed by atoms with Crippen LogP contribution in [0.3, 0.4) is 0 Å². The molecule has 1 aliphatic rings. The van der Waals surface area contributed by atoms with Crippen molar-refractivity contribution >= 4 is 16.3 Å². The van der Waals surface area contributed by atoms with E-state index in [0.29, 0.717) is 24.2 Å². The van der Waals surface area contributed by atoms with Crippen molar-refractivity contribution in [1.82, 2.24) is 10.1 Å². The smallest absolute Gasteiger partial charge is 0.268 e. The number of ether oxygens (including phenoxy) is 1. The maximum atomic E-state index is 6.08. The first-order valence-electron chi connectivity index (χ1n) is 7.47. The van der Waals surface area contributed by atoms with Crippen molar-refractivity contribution in [1.29, 1.82) is 0 Å². The first-order chi connectivity index (χ1) is 10.1. The topological polar surface area (TPSA) is 74.2 Å². The van der Waals surface area contributed by atoms with Gasteiger partial charge in [0.2, 0.25) is 5.82 Å². The van der Waals surface area contributed by atoms with Gasteiger partial charge in [-0.1, -0.05) is 18.5 Å². The van der Waals surface area contributed by atoms with Crippen LogP contribution in [0.1, 0.15) is 45.4 Å². The Morgan fingerprint density at radius 3 is 3.05 bits per heavy atom. The monoisotopic (exact) mass is 307 g/mol. The summed E-state index contributed by atoms with van der Waals surface area (Å²) >= 11 is 1.45. The molecule has 2 atom stereocenters. The molecule has 2 N–H and O–H groups in total. The van der Waals surface area contributed by atoms with Crippen LogP contribution in [-0.2, 0) is 10.3 Å². The summed E-state index contributed by atoms with van der Waals surface area (Å²) in [6.07, 6.45) is 4.28. The molecule has 2 unspecified atom stereocenters. The molecule has 6 heteroatoms. The van der Waals surface area contributed by atoms with E-state index in [-0.39, 0.29) is 0 Å². The molecule has 5 nitrogen and oxygen atoms in total. The second-order valence-electron chi connectivity index (χ2n) is 5.75. The number of anilines is 1. The molecule has 2 heterocycles. The normalized spacial score (nSPS) is 26.1. The van der Waals surface area contributed by atoms with Gasteiger partial charge in [-0.25, -0.2) is 0 Å². The summed E-state index contributed by atoms with van der Waals surface area (Å²) in [7, 11) is 0. The summed E-state index contributed by atoms with van der Waals surface area (Å²) in [5.41, 5.74) is 5.37. The van der Waals surface area contributed by atoms with Crippen molar-refractivity contribution in [2.75, 3.05) is 12.3 Å². The molecule has 114 valence electrons. The highest BCUT2D eigenvalue weighted by molar-refractivity contribution is 7.19. The predicted molar refractivity (Wildman–Crippen MR) is 83.0 cm³/mol. The van der Waals surface area contributed by atoms with E-state index in [9.17, 15) is 0 Å². The maximum Gasteiger partial charge on any atom is 0.268 e. The molecular formula is C15H21N3O2S. The van der Waals surface area contributed by atoms with E-state index < -0.39 is 5.60 Å². The standard InChI is InChI=1S/C15H21N3O2S/c1-3-19-15(8-4-5-10(2)9-15)14-17-13(20-18-14)11-6-7-12(16)21-11/h6-7,10H,3-5,8-9,16H2,1-2H3. The third kappa shape index (κ3) is 2.82. The molecule has 0 saturated heterocycles. The quantitative estimate of drug-likeness (QED) is 0.929. The number of hydrogen-bond acceptors (Lipinski definition) is 6. The minimum atomic E-state index is -0.392. The van der Waals surface area contributed by atoms with Gasteiger partial charge in [0, 0.05) is 6.61 Å².